The topological polar surface area (TPSA) is 21.3 Å². The van der Waals surface area contributed by atoms with E-state index >= 15 is 0 Å². The number of halogens is 1. The average molecular weight is 234 g/mol. The lowest BCUT2D eigenvalue weighted by molar-refractivity contribution is 0.159. The summed E-state index contributed by atoms with van der Waals surface area (Å²) in [5, 5.41) is 3.16. The van der Waals surface area contributed by atoms with E-state index in [0.717, 1.165) is 23.1 Å². The van der Waals surface area contributed by atoms with Gasteiger partial charge in [-0.05, 0) is 6.92 Å². The molecule has 0 aromatic rings. The van der Waals surface area contributed by atoms with Gasteiger partial charge in [-0.1, -0.05) is 34.7 Å². The van der Waals surface area contributed by atoms with Crippen molar-refractivity contribution in [3.63, 3.8) is 0 Å². The van der Waals surface area contributed by atoms with Crippen LogP contribution in [0.1, 0.15) is 6.92 Å². The van der Waals surface area contributed by atoms with E-state index < -0.39 is 0 Å². The van der Waals surface area contributed by atoms with Crippen LogP contribution in [0.15, 0.2) is 23.2 Å². The van der Waals surface area contributed by atoms with Gasteiger partial charge in [-0.15, -0.1) is 0 Å². The molecule has 0 radical (unpaired) electrons. The van der Waals surface area contributed by atoms with Crippen LogP contribution in [0.25, 0.3) is 0 Å². The van der Waals surface area contributed by atoms with Crippen molar-refractivity contribution in [2.24, 2.45) is 0 Å². The van der Waals surface area contributed by atoms with Crippen LogP contribution in [0.2, 0.25) is 0 Å². The summed E-state index contributed by atoms with van der Waals surface area (Å²) in [7, 11) is 0. The van der Waals surface area contributed by atoms with Crippen LogP contribution in [0.5, 0.6) is 0 Å². The molecule has 70 valence electrons. The summed E-state index contributed by atoms with van der Waals surface area (Å²) in [6.45, 7) is 12.4. The SMILES string of the molecule is C=C(C)COCCNCC(=C)Br. The molecule has 0 aliphatic heterocycles. The van der Waals surface area contributed by atoms with Crippen LogP contribution in [-0.2, 0) is 4.74 Å². The largest absolute Gasteiger partial charge is 0.376 e. The molecule has 2 nitrogen and oxygen atoms in total. The van der Waals surface area contributed by atoms with Crippen LogP contribution in [-0.4, -0.2) is 26.3 Å². The van der Waals surface area contributed by atoms with E-state index in [1.165, 1.54) is 0 Å². The minimum absolute atomic E-state index is 0.650. The van der Waals surface area contributed by atoms with Gasteiger partial charge in [-0.25, -0.2) is 0 Å². The normalized spacial score (nSPS) is 9.83. The van der Waals surface area contributed by atoms with Gasteiger partial charge in [0.25, 0.3) is 0 Å². The van der Waals surface area contributed by atoms with Gasteiger partial charge in [0.1, 0.15) is 0 Å². The molecule has 0 amide bonds. The second kappa shape index (κ2) is 7.53. The first-order chi connectivity index (χ1) is 5.63. The maximum absolute atomic E-state index is 5.27. The molecule has 0 aromatic carbocycles. The molecule has 0 saturated carbocycles. The minimum atomic E-state index is 0.650. The van der Waals surface area contributed by atoms with Crippen molar-refractivity contribution < 1.29 is 4.74 Å². The summed E-state index contributed by atoms with van der Waals surface area (Å²) in [6, 6.07) is 0. The fraction of sp³-hybridized carbons (Fsp3) is 0.556. The monoisotopic (exact) mass is 233 g/mol. The van der Waals surface area contributed by atoms with E-state index in [2.05, 4.69) is 34.4 Å². The Hall–Kier alpha value is -0.120. The van der Waals surface area contributed by atoms with Crippen molar-refractivity contribution in [2.75, 3.05) is 26.3 Å². The predicted octanol–water partition coefficient (Wildman–Crippen LogP) is 2.08. The number of hydrogen-bond acceptors (Lipinski definition) is 2. The van der Waals surface area contributed by atoms with Crippen LogP contribution < -0.4 is 5.32 Å². The molecule has 0 fully saturated rings. The lowest BCUT2D eigenvalue weighted by Crippen LogP contribution is -2.21. The third-order valence-corrected chi connectivity index (χ3v) is 1.37. The maximum Gasteiger partial charge on any atom is 0.0672 e. The maximum atomic E-state index is 5.27. The predicted molar refractivity (Wildman–Crippen MR) is 56.6 cm³/mol. The zero-order chi connectivity index (χ0) is 9.40. The summed E-state index contributed by atoms with van der Waals surface area (Å²) >= 11 is 3.25. The molecule has 0 aromatic heterocycles. The number of rotatable bonds is 7. The molecule has 0 aliphatic rings. The molecule has 0 unspecified atom stereocenters. The summed E-state index contributed by atoms with van der Waals surface area (Å²) < 4.78 is 6.23. The standard InChI is InChI=1S/C9H16BrNO/c1-8(2)7-12-5-4-11-6-9(3)10/h11H,1,3-7H2,2H3. The minimum Gasteiger partial charge on any atom is -0.376 e. The molecule has 0 rings (SSSR count). The highest BCUT2D eigenvalue weighted by molar-refractivity contribution is 9.11. The van der Waals surface area contributed by atoms with Gasteiger partial charge in [-0.2, -0.15) is 0 Å². The van der Waals surface area contributed by atoms with Crippen molar-refractivity contribution in [1.82, 2.24) is 5.32 Å². The van der Waals surface area contributed by atoms with Crippen LogP contribution in [0, 0.1) is 0 Å². The highest BCUT2D eigenvalue weighted by atomic mass is 79.9. The summed E-state index contributed by atoms with van der Waals surface area (Å²) in [5.74, 6) is 0. The van der Waals surface area contributed by atoms with Crippen molar-refractivity contribution in [2.45, 2.75) is 6.92 Å². The summed E-state index contributed by atoms with van der Waals surface area (Å²) in [5.41, 5.74) is 1.06. The van der Waals surface area contributed by atoms with Gasteiger partial charge in [0.05, 0.1) is 13.2 Å². The van der Waals surface area contributed by atoms with Crippen LogP contribution >= 0.6 is 15.9 Å². The summed E-state index contributed by atoms with van der Waals surface area (Å²) in [4.78, 5) is 0. The molecule has 0 spiro atoms. The Morgan fingerprint density at radius 2 is 2.17 bits per heavy atom. The van der Waals surface area contributed by atoms with Gasteiger partial charge in [0.2, 0.25) is 0 Å². The molecular formula is C9H16BrNO. The Morgan fingerprint density at radius 1 is 1.50 bits per heavy atom. The Kier molecular flexibility index (Phi) is 7.45. The highest BCUT2D eigenvalue weighted by Gasteiger charge is 1.89. The lowest BCUT2D eigenvalue weighted by Gasteiger charge is -2.04. The van der Waals surface area contributed by atoms with Gasteiger partial charge in [0.15, 0.2) is 0 Å². The number of nitrogens with one attached hydrogen (secondary N) is 1. The van der Waals surface area contributed by atoms with Gasteiger partial charge < -0.3 is 10.1 Å². The molecule has 0 atom stereocenters. The van der Waals surface area contributed by atoms with E-state index in [0.29, 0.717) is 13.2 Å². The first-order valence-electron chi connectivity index (χ1n) is 3.89. The van der Waals surface area contributed by atoms with E-state index in [1.54, 1.807) is 0 Å². The van der Waals surface area contributed by atoms with E-state index in [4.69, 9.17) is 4.74 Å². The van der Waals surface area contributed by atoms with Gasteiger partial charge >= 0.3 is 0 Å². The van der Waals surface area contributed by atoms with Crippen molar-refractivity contribution >= 4 is 15.9 Å². The first-order valence-corrected chi connectivity index (χ1v) is 4.68. The van der Waals surface area contributed by atoms with E-state index in [-0.39, 0.29) is 0 Å². The average Bonchev–Trinajstić information content (AvgIpc) is 1.95. The molecular weight excluding hydrogens is 218 g/mol. The molecule has 1 N–H and O–H groups in total. The molecule has 12 heavy (non-hydrogen) atoms. The fourth-order valence-corrected chi connectivity index (χ4v) is 0.813. The van der Waals surface area contributed by atoms with E-state index in [9.17, 15) is 0 Å². The Bertz CT molecular complexity index is 139. The zero-order valence-corrected chi connectivity index (χ0v) is 9.11. The Morgan fingerprint density at radius 3 is 2.67 bits per heavy atom. The van der Waals surface area contributed by atoms with E-state index in [1.807, 2.05) is 6.92 Å². The smallest absolute Gasteiger partial charge is 0.0672 e. The Balaban J connectivity index is 3.01. The van der Waals surface area contributed by atoms with Crippen molar-refractivity contribution in [1.29, 1.82) is 0 Å². The number of hydrogen-bond donors (Lipinski definition) is 1. The number of ether oxygens (including phenoxy) is 1. The van der Waals surface area contributed by atoms with Gasteiger partial charge in [0, 0.05) is 17.6 Å². The van der Waals surface area contributed by atoms with Crippen molar-refractivity contribution in [3.8, 4) is 0 Å². The third-order valence-electron chi connectivity index (χ3n) is 1.09. The highest BCUT2D eigenvalue weighted by Crippen LogP contribution is 1.95. The van der Waals surface area contributed by atoms with Crippen LogP contribution in [0.3, 0.4) is 0 Å². The first kappa shape index (κ1) is 11.9. The van der Waals surface area contributed by atoms with Crippen LogP contribution in [0.4, 0.5) is 0 Å². The second-order valence-electron chi connectivity index (χ2n) is 2.70. The summed E-state index contributed by atoms with van der Waals surface area (Å²) in [6.07, 6.45) is 0. The molecule has 3 heteroatoms. The lowest BCUT2D eigenvalue weighted by atomic mass is 10.4. The Labute approximate surface area is 82.8 Å². The van der Waals surface area contributed by atoms with Crippen molar-refractivity contribution in [3.05, 3.63) is 23.2 Å². The molecule has 0 saturated heterocycles. The molecule has 0 bridgehead atoms. The fourth-order valence-electron chi connectivity index (χ4n) is 0.615. The van der Waals surface area contributed by atoms with Gasteiger partial charge in [-0.3, -0.25) is 0 Å². The zero-order valence-electron chi connectivity index (χ0n) is 7.53. The quantitative estimate of drug-likeness (QED) is 0.538. The second-order valence-corrected chi connectivity index (χ2v) is 3.83. The molecule has 0 aliphatic carbocycles. The third kappa shape index (κ3) is 9.88. The molecule has 0 heterocycles.